The summed E-state index contributed by atoms with van der Waals surface area (Å²) in [4.78, 5) is 26.5. The lowest BCUT2D eigenvalue weighted by Crippen LogP contribution is -2.37. The van der Waals surface area contributed by atoms with E-state index in [-0.39, 0.29) is 24.7 Å². The van der Waals surface area contributed by atoms with E-state index in [9.17, 15) is 9.59 Å². The molecule has 132 valence electrons. The van der Waals surface area contributed by atoms with Crippen molar-refractivity contribution in [2.24, 2.45) is 0 Å². The molecule has 3 rings (SSSR count). The Labute approximate surface area is 147 Å². The van der Waals surface area contributed by atoms with E-state index >= 15 is 0 Å². The maximum atomic E-state index is 12.6. The molecule has 25 heavy (non-hydrogen) atoms. The lowest BCUT2D eigenvalue weighted by molar-refractivity contribution is -0.122. The molecular weight excluding hydrogens is 316 g/mol. The van der Waals surface area contributed by atoms with Crippen LogP contribution in [0.3, 0.4) is 0 Å². The minimum absolute atomic E-state index is 0.0280. The maximum absolute atomic E-state index is 12.6. The van der Waals surface area contributed by atoms with E-state index in [1.54, 1.807) is 4.90 Å². The predicted molar refractivity (Wildman–Crippen MR) is 97.6 cm³/mol. The first kappa shape index (κ1) is 17.2. The largest absolute Gasteiger partial charge is 0.326 e. The second-order valence-electron chi connectivity index (χ2n) is 6.32. The van der Waals surface area contributed by atoms with Crippen LogP contribution in [0.2, 0.25) is 0 Å². The minimum atomic E-state index is -0.129. The molecule has 0 saturated carbocycles. The molecule has 0 aliphatic carbocycles. The highest BCUT2D eigenvalue weighted by Crippen LogP contribution is 2.23. The fourth-order valence-corrected chi connectivity index (χ4v) is 3.18. The number of amides is 2. The van der Waals surface area contributed by atoms with Crippen LogP contribution < -0.4 is 10.2 Å². The molecule has 6 nitrogen and oxygen atoms in total. The molecule has 1 aliphatic rings. The van der Waals surface area contributed by atoms with Crippen LogP contribution in [0, 0.1) is 6.92 Å². The van der Waals surface area contributed by atoms with Gasteiger partial charge in [-0.25, -0.2) is 4.68 Å². The van der Waals surface area contributed by atoms with Crippen molar-refractivity contribution < 1.29 is 9.59 Å². The van der Waals surface area contributed by atoms with Crippen LogP contribution in [-0.4, -0.2) is 28.1 Å². The number of nitrogens with one attached hydrogen (secondary N) is 1. The van der Waals surface area contributed by atoms with Gasteiger partial charge in [0.1, 0.15) is 5.82 Å². The van der Waals surface area contributed by atoms with Gasteiger partial charge in [0.2, 0.25) is 11.8 Å². The van der Waals surface area contributed by atoms with Gasteiger partial charge >= 0.3 is 0 Å². The van der Waals surface area contributed by atoms with Crippen molar-refractivity contribution in [1.82, 2.24) is 9.78 Å². The SMILES string of the molecule is CCc1ccccc1NC(=O)CCC(=O)N1CCCn2nc(C)cc21. The van der Waals surface area contributed by atoms with E-state index in [1.165, 1.54) is 0 Å². The fraction of sp³-hybridized carbons (Fsp3) is 0.421. The van der Waals surface area contributed by atoms with E-state index < -0.39 is 0 Å². The number of aromatic nitrogens is 2. The molecule has 1 aliphatic heterocycles. The number of fused-ring (bicyclic) bond motifs is 1. The summed E-state index contributed by atoms with van der Waals surface area (Å²) in [5.41, 5.74) is 2.83. The summed E-state index contributed by atoms with van der Waals surface area (Å²) in [6, 6.07) is 9.67. The fourth-order valence-electron chi connectivity index (χ4n) is 3.18. The zero-order chi connectivity index (χ0) is 17.8. The van der Waals surface area contributed by atoms with Gasteiger partial charge in [0, 0.05) is 37.7 Å². The summed E-state index contributed by atoms with van der Waals surface area (Å²) in [6.07, 6.45) is 2.12. The van der Waals surface area contributed by atoms with Crippen LogP contribution in [0.5, 0.6) is 0 Å². The summed E-state index contributed by atoms with van der Waals surface area (Å²) >= 11 is 0. The van der Waals surface area contributed by atoms with E-state index in [1.807, 2.05) is 41.9 Å². The van der Waals surface area contributed by atoms with Crippen molar-refractivity contribution in [2.75, 3.05) is 16.8 Å². The molecule has 0 radical (unpaired) electrons. The number of carbonyl (C=O) groups is 2. The van der Waals surface area contributed by atoms with Gasteiger partial charge in [-0.15, -0.1) is 0 Å². The summed E-state index contributed by atoms with van der Waals surface area (Å²) in [6.45, 7) is 5.49. The smallest absolute Gasteiger partial charge is 0.228 e. The van der Waals surface area contributed by atoms with Gasteiger partial charge in [-0.1, -0.05) is 25.1 Å². The molecule has 0 atom stereocenters. The first-order valence-electron chi connectivity index (χ1n) is 8.81. The highest BCUT2D eigenvalue weighted by Gasteiger charge is 2.24. The van der Waals surface area contributed by atoms with Crippen LogP contribution in [0.4, 0.5) is 11.5 Å². The molecular formula is C19H24N4O2. The third kappa shape index (κ3) is 3.90. The molecule has 0 spiro atoms. The number of carbonyl (C=O) groups excluding carboxylic acids is 2. The molecule has 0 fully saturated rings. The van der Waals surface area contributed by atoms with Crippen molar-refractivity contribution in [2.45, 2.75) is 46.1 Å². The number of nitrogens with zero attached hydrogens (tertiary/aromatic N) is 3. The number of hydrogen-bond donors (Lipinski definition) is 1. The number of hydrogen-bond acceptors (Lipinski definition) is 3. The van der Waals surface area contributed by atoms with E-state index in [0.29, 0.717) is 6.54 Å². The Morgan fingerprint density at radius 2 is 2.00 bits per heavy atom. The van der Waals surface area contributed by atoms with Gasteiger partial charge in [0.05, 0.1) is 5.69 Å². The molecule has 1 N–H and O–H groups in total. The van der Waals surface area contributed by atoms with Crippen LogP contribution in [0.25, 0.3) is 0 Å². The Kier molecular flexibility index (Phi) is 5.16. The molecule has 2 amide bonds. The number of anilines is 2. The zero-order valence-corrected chi connectivity index (χ0v) is 14.8. The van der Waals surface area contributed by atoms with E-state index in [4.69, 9.17) is 0 Å². The van der Waals surface area contributed by atoms with Crippen LogP contribution in [-0.2, 0) is 22.6 Å². The van der Waals surface area contributed by atoms with Crippen LogP contribution >= 0.6 is 0 Å². The number of benzene rings is 1. The molecule has 2 aromatic rings. The van der Waals surface area contributed by atoms with Crippen molar-refractivity contribution in [3.8, 4) is 0 Å². The Morgan fingerprint density at radius 3 is 2.80 bits per heavy atom. The van der Waals surface area contributed by atoms with Crippen molar-refractivity contribution in [1.29, 1.82) is 0 Å². The second kappa shape index (κ2) is 7.51. The monoisotopic (exact) mass is 340 g/mol. The van der Waals surface area contributed by atoms with Crippen LogP contribution in [0.1, 0.15) is 37.4 Å². The summed E-state index contributed by atoms with van der Waals surface area (Å²) in [5, 5.41) is 7.31. The highest BCUT2D eigenvalue weighted by atomic mass is 16.2. The average Bonchev–Trinajstić information content (AvgIpc) is 3.00. The molecule has 0 unspecified atom stereocenters. The molecule has 0 bridgehead atoms. The van der Waals surface area contributed by atoms with Crippen molar-refractivity contribution in [3.05, 3.63) is 41.6 Å². The quantitative estimate of drug-likeness (QED) is 0.910. The average molecular weight is 340 g/mol. The Balaban J connectivity index is 1.58. The summed E-state index contributed by atoms with van der Waals surface area (Å²) < 4.78 is 1.87. The maximum Gasteiger partial charge on any atom is 0.228 e. The first-order chi connectivity index (χ1) is 12.1. The first-order valence-corrected chi connectivity index (χ1v) is 8.81. The van der Waals surface area contributed by atoms with Gasteiger partial charge in [0.25, 0.3) is 0 Å². The van der Waals surface area contributed by atoms with Gasteiger partial charge in [-0.05, 0) is 31.4 Å². The Bertz CT molecular complexity index is 781. The number of para-hydroxylation sites is 1. The summed E-state index contributed by atoms with van der Waals surface area (Å²) in [7, 11) is 0. The molecule has 1 aromatic heterocycles. The van der Waals surface area contributed by atoms with Crippen LogP contribution in [0.15, 0.2) is 30.3 Å². The summed E-state index contributed by atoms with van der Waals surface area (Å²) in [5.74, 6) is 0.682. The van der Waals surface area contributed by atoms with E-state index in [0.717, 1.165) is 42.1 Å². The normalized spacial score (nSPS) is 13.4. The third-order valence-corrected chi connectivity index (χ3v) is 4.45. The standard InChI is InChI=1S/C19H24N4O2/c1-3-15-7-4-5-8-16(15)20-17(24)9-10-19(25)22-11-6-12-23-18(22)13-14(2)21-23/h4-5,7-8,13H,3,6,9-12H2,1-2H3,(H,20,24). The third-order valence-electron chi connectivity index (χ3n) is 4.45. The van der Waals surface area contributed by atoms with Gasteiger partial charge in [-0.3, -0.25) is 14.5 Å². The minimum Gasteiger partial charge on any atom is -0.326 e. The van der Waals surface area contributed by atoms with Crippen molar-refractivity contribution >= 4 is 23.3 Å². The van der Waals surface area contributed by atoms with E-state index in [2.05, 4.69) is 17.3 Å². The Morgan fingerprint density at radius 1 is 1.20 bits per heavy atom. The highest BCUT2D eigenvalue weighted by molar-refractivity contribution is 5.98. The Hall–Kier alpha value is -2.63. The van der Waals surface area contributed by atoms with Gasteiger partial charge in [-0.2, -0.15) is 5.10 Å². The predicted octanol–water partition coefficient (Wildman–Crippen LogP) is 2.91. The number of aryl methyl sites for hydroxylation is 3. The van der Waals surface area contributed by atoms with Gasteiger partial charge in [0.15, 0.2) is 0 Å². The lowest BCUT2D eigenvalue weighted by Gasteiger charge is -2.27. The number of rotatable bonds is 5. The lowest BCUT2D eigenvalue weighted by atomic mass is 10.1. The zero-order valence-electron chi connectivity index (χ0n) is 14.8. The van der Waals surface area contributed by atoms with Crippen molar-refractivity contribution in [3.63, 3.8) is 0 Å². The molecule has 6 heteroatoms. The molecule has 0 saturated heterocycles. The molecule has 2 heterocycles. The second-order valence-corrected chi connectivity index (χ2v) is 6.32. The molecule has 1 aromatic carbocycles. The topological polar surface area (TPSA) is 67.2 Å². The van der Waals surface area contributed by atoms with Gasteiger partial charge < -0.3 is 5.32 Å².